The van der Waals surface area contributed by atoms with Crippen LogP contribution in [0.25, 0.3) is 11.0 Å². The maximum Gasteiger partial charge on any atom is 0.335 e. The Morgan fingerprint density at radius 1 is 1.29 bits per heavy atom. The second kappa shape index (κ2) is 3.76. The van der Waals surface area contributed by atoms with E-state index in [1.807, 2.05) is 0 Å². The van der Waals surface area contributed by atoms with Crippen molar-refractivity contribution in [2.75, 3.05) is 5.73 Å². The lowest BCUT2D eigenvalue weighted by molar-refractivity contribution is 0.0855. The van der Waals surface area contributed by atoms with Crippen LogP contribution in [-0.2, 0) is 7.05 Å². The van der Waals surface area contributed by atoms with Crippen LogP contribution in [0.3, 0.4) is 0 Å². The van der Waals surface area contributed by atoms with E-state index in [2.05, 4.69) is 0 Å². The van der Waals surface area contributed by atoms with Gasteiger partial charge in [-0.3, -0.25) is 9.36 Å². The van der Waals surface area contributed by atoms with Crippen LogP contribution >= 0.6 is 0 Å². The maximum atomic E-state index is 12.0. The number of imidazole rings is 1. The van der Waals surface area contributed by atoms with Crippen molar-refractivity contribution in [1.82, 2.24) is 9.13 Å². The van der Waals surface area contributed by atoms with Crippen molar-refractivity contribution in [3.63, 3.8) is 0 Å². The van der Waals surface area contributed by atoms with Gasteiger partial charge in [0.25, 0.3) is 0 Å². The molecule has 2 N–H and O–H groups in total. The zero-order valence-electron chi connectivity index (χ0n) is 10.1. The predicted octanol–water partition coefficient (Wildman–Crippen LogP) is 1.22. The molecule has 0 unspecified atom stereocenters. The van der Waals surface area contributed by atoms with E-state index in [4.69, 9.17) is 5.73 Å². The van der Waals surface area contributed by atoms with Gasteiger partial charge in [0.2, 0.25) is 5.91 Å². The third-order valence-corrected chi connectivity index (χ3v) is 2.79. The summed E-state index contributed by atoms with van der Waals surface area (Å²) in [6, 6.07) is 5.11. The number of aryl methyl sites for hydroxylation is 1. The Kier molecular flexibility index (Phi) is 2.53. The van der Waals surface area contributed by atoms with Crippen LogP contribution in [0.15, 0.2) is 23.0 Å². The van der Waals surface area contributed by atoms with Crippen molar-refractivity contribution in [3.05, 3.63) is 28.7 Å². The molecule has 90 valence electrons. The van der Waals surface area contributed by atoms with Crippen molar-refractivity contribution in [2.45, 2.75) is 13.8 Å². The summed E-state index contributed by atoms with van der Waals surface area (Å²) < 4.78 is 2.64. The Balaban J connectivity index is 2.87. The number of anilines is 1. The summed E-state index contributed by atoms with van der Waals surface area (Å²) >= 11 is 0. The molecule has 0 bridgehead atoms. The summed E-state index contributed by atoms with van der Waals surface area (Å²) in [6.07, 6.45) is 0. The molecule has 5 nitrogen and oxygen atoms in total. The van der Waals surface area contributed by atoms with Crippen LogP contribution in [0.4, 0.5) is 5.69 Å². The summed E-state index contributed by atoms with van der Waals surface area (Å²) in [4.78, 5) is 24.0. The van der Waals surface area contributed by atoms with Crippen LogP contribution in [0.1, 0.15) is 18.6 Å². The molecule has 2 rings (SSSR count). The number of benzene rings is 1. The molecule has 0 atom stereocenters. The Morgan fingerprint density at radius 3 is 2.53 bits per heavy atom. The van der Waals surface area contributed by atoms with E-state index in [1.54, 1.807) is 39.1 Å². The van der Waals surface area contributed by atoms with Gasteiger partial charge in [0.1, 0.15) is 0 Å². The number of nitrogens with zero attached hydrogens (tertiary/aromatic N) is 2. The lowest BCUT2D eigenvalue weighted by Crippen LogP contribution is -2.30. The van der Waals surface area contributed by atoms with E-state index in [0.29, 0.717) is 16.7 Å². The van der Waals surface area contributed by atoms with Gasteiger partial charge in [0.05, 0.1) is 11.0 Å². The Morgan fingerprint density at radius 2 is 1.94 bits per heavy atom. The van der Waals surface area contributed by atoms with Crippen molar-refractivity contribution in [1.29, 1.82) is 0 Å². The molecule has 0 radical (unpaired) electrons. The molecular weight excluding hydrogens is 218 g/mol. The van der Waals surface area contributed by atoms with Crippen molar-refractivity contribution in [2.24, 2.45) is 13.0 Å². The number of rotatable bonds is 1. The monoisotopic (exact) mass is 233 g/mol. The fourth-order valence-corrected chi connectivity index (χ4v) is 1.83. The number of carbonyl (C=O) groups is 1. The van der Waals surface area contributed by atoms with Crippen LogP contribution in [0.2, 0.25) is 0 Å². The lowest BCUT2D eigenvalue weighted by atomic mass is 10.2. The molecule has 0 amide bonds. The number of nitrogen functional groups attached to an aromatic ring is 1. The standard InChI is InChI=1S/C12H15N3O2/c1-7(2)11(16)15-10-6-8(13)4-5-9(10)14(3)12(15)17/h4-7H,13H2,1-3H3. The Hall–Kier alpha value is -2.04. The summed E-state index contributed by atoms with van der Waals surface area (Å²) in [5, 5.41) is 0. The normalized spacial score (nSPS) is 11.3. The number of carbonyl (C=O) groups excluding carboxylic acids is 1. The first kappa shape index (κ1) is 11.4. The van der Waals surface area contributed by atoms with Gasteiger partial charge in [-0.15, -0.1) is 0 Å². The molecule has 0 aliphatic rings. The van der Waals surface area contributed by atoms with E-state index in [-0.39, 0.29) is 17.5 Å². The highest BCUT2D eigenvalue weighted by Crippen LogP contribution is 2.17. The molecule has 1 aromatic carbocycles. The van der Waals surface area contributed by atoms with E-state index in [1.165, 1.54) is 9.13 Å². The molecular formula is C12H15N3O2. The van der Waals surface area contributed by atoms with Crippen LogP contribution in [0.5, 0.6) is 0 Å². The third kappa shape index (κ3) is 1.63. The first-order valence-corrected chi connectivity index (χ1v) is 5.44. The van der Waals surface area contributed by atoms with Gasteiger partial charge in [0, 0.05) is 18.7 Å². The molecule has 1 heterocycles. The highest BCUT2D eigenvalue weighted by molar-refractivity contribution is 5.92. The quantitative estimate of drug-likeness (QED) is 0.753. The van der Waals surface area contributed by atoms with Gasteiger partial charge < -0.3 is 5.73 Å². The van der Waals surface area contributed by atoms with E-state index in [0.717, 1.165) is 0 Å². The molecule has 0 aliphatic carbocycles. The van der Waals surface area contributed by atoms with Gasteiger partial charge in [-0.2, -0.15) is 0 Å². The number of aromatic nitrogens is 2. The first-order chi connectivity index (χ1) is 7.93. The van der Waals surface area contributed by atoms with Crippen molar-refractivity contribution in [3.8, 4) is 0 Å². The highest BCUT2D eigenvalue weighted by atomic mass is 16.2. The number of fused-ring (bicyclic) bond motifs is 1. The number of hydrogen-bond acceptors (Lipinski definition) is 3. The van der Waals surface area contributed by atoms with Gasteiger partial charge in [-0.25, -0.2) is 9.36 Å². The SMILES string of the molecule is CC(C)C(=O)n1c(=O)n(C)c2ccc(N)cc21. The number of hydrogen-bond donors (Lipinski definition) is 1. The zero-order chi connectivity index (χ0) is 12.7. The van der Waals surface area contributed by atoms with E-state index in [9.17, 15) is 9.59 Å². The molecule has 2 aromatic rings. The fraction of sp³-hybridized carbons (Fsp3) is 0.333. The highest BCUT2D eigenvalue weighted by Gasteiger charge is 2.18. The maximum absolute atomic E-state index is 12.0. The average molecular weight is 233 g/mol. The van der Waals surface area contributed by atoms with E-state index >= 15 is 0 Å². The molecule has 0 saturated carbocycles. The van der Waals surface area contributed by atoms with Gasteiger partial charge in [-0.1, -0.05) is 13.8 Å². The molecule has 17 heavy (non-hydrogen) atoms. The second-order valence-electron chi connectivity index (χ2n) is 4.42. The molecule has 0 fully saturated rings. The predicted molar refractivity (Wildman–Crippen MR) is 67.1 cm³/mol. The molecule has 1 aromatic heterocycles. The minimum atomic E-state index is -0.329. The third-order valence-electron chi connectivity index (χ3n) is 2.79. The molecule has 5 heteroatoms. The molecule has 0 spiro atoms. The van der Waals surface area contributed by atoms with E-state index < -0.39 is 0 Å². The average Bonchev–Trinajstić information content (AvgIpc) is 2.50. The molecule has 0 saturated heterocycles. The Labute approximate surface area is 98.4 Å². The minimum absolute atomic E-state index is 0.216. The minimum Gasteiger partial charge on any atom is -0.399 e. The van der Waals surface area contributed by atoms with Gasteiger partial charge in [0.15, 0.2) is 0 Å². The van der Waals surface area contributed by atoms with Crippen molar-refractivity contribution < 1.29 is 4.79 Å². The van der Waals surface area contributed by atoms with Crippen molar-refractivity contribution >= 4 is 22.6 Å². The summed E-state index contributed by atoms with van der Waals surface area (Å²) in [6.45, 7) is 3.53. The molecule has 0 aliphatic heterocycles. The Bertz CT molecular complexity index is 650. The lowest BCUT2D eigenvalue weighted by Gasteiger charge is -2.04. The number of nitrogens with two attached hydrogens (primary N) is 1. The first-order valence-electron chi connectivity index (χ1n) is 5.44. The van der Waals surface area contributed by atoms with Crippen LogP contribution < -0.4 is 11.4 Å². The fourth-order valence-electron chi connectivity index (χ4n) is 1.83. The topological polar surface area (TPSA) is 70.0 Å². The van der Waals surface area contributed by atoms with Gasteiger partial charge in [-0.05, 0) is 18.2 Å². The zero-order valence-corrected chi connectivity index (χ0v) is 10.1. The van der Waals surface area contributed by atoms with Gasteiger partial charge >= 0.3 is 5.69 Å². The largest absolute Gasteiger partial charge is 0.399 e. The summed E-state index contributed by atoms with van der Waals surface area (Å²) in [5.41, 5.74) is 7.17. The smallest absolute Gasteiger partial charge is 0.335 e. The summed E-state index contributed by atoms with van der Waals surface area (Å²) in [7, 11) is 1.64. The second-order valence-corrected chi connectivity index (χ2v) is 4.42. The summed E-state index contributed by atoms with van der Waals surface area (Å²) in [5.74, 6) is -0.453. The van der Waals surface area contributed by atoms with Crippen LogP contribution in [0, 0.1) is 5.92 Å². The van der Waals surface area contributed by atoms with Crippen LogP contribution in [-0.4, -0.2) is 15.0 Å².